The lowest BCUT2D eigenvalue weighted by atomic mass is 10.0. The third-order valence-electron chi connectivity index (χ3n) is 3.95. The van der Waals surface area contributed by atoms with Crippen molar-refractivity contribution in [2.24, 2.45) is 0 Å². The first-order chi connectivity index (χ1) is 13.3. The number of aromatic amines is 1. The summed E-state index contributed by atoms with van der Waals surface area (Å²) in [6, 6.07) is 7.74. The number of nitrogens with one attached hydrogen (secondary N) is 2. The van der Waals surface area contributed by atoms with Gasteiger partial charge in [-0.3, -0.25) is 14.6 Å². The molecule has 2 heterocycles. The molecule has 0 saturated heterocycles. The molecule has 1 aromatic carbocycles. The van der Waals surface area contributed by atoms with E-state index in [-0.39, 0.29) is 16.8 Å². The van der Waals surface area contributed by atoms with Crippen LogP contribution in [-0.4, -0.2) is 15.9 Å². The number of pyridine rings is 2. The van der Waals surface area contributed by atoms with Crippen LogP contribution in [-0.2, 0) is 6.18 Å². The summed E-state index contributed by atoms with van der Waals surface area (Å²) in [6.45, 7) is 0. The van der Waals surface area contributed by atoms with Gasteiger partial charge in [-0.05, 0) is 35.9 Å². The lowest BCUT2D eigenvalue weighted by molar-refractivity contribution is -0.137. The first kappa shape index (κ1) is 19.3. The molecule has 2 aromatic heterocycles. The highest BCUT2D eigenvalue weighted by atomic mass is 19.4. The van der Waals surface area contributed by atoms with Crippen molar-refractivity contribution < 1.29 is 22.4 Å². The Morgan fingerprint density at radius 3 is 2.36 bits per heavy atom. The van der Waals surface area contributed by atoms with Crippen LogP contribution in [0.1, 0.15) is 33.2 Å². The molecule has 9 heteroatoms. The zero-order valence-electron chi connectivity index (χ0n) is 14.1. The first-order valence-corrected chi connectivity index (χ1v) is 8.03. The SMILES string of the molecule is O=C(N[C@H](c1ccc(C(F)(F)F)cc1)c1ncccc1F)c1ccc(=O)[nH]c1. The van der Waals surface area contributed by atoms with E-state index in [0.29, 0.717) is 0 Å². The maximum atomic E-state index is 14.3. The summed E-state index contributed by atoms with van der Waals surface area (Å²) in [7, 11) is 0. The van der Waals surface area contributed by atoms with Crippen LogP contribution in [0.25, 0.3) is 0 Å². The van der Waals surface area contributed by atoms with Crippen LogP contribution in [0.2, 0.25) is 0 Å². The highest BCUT2D eigenvalue weighted by Crippen LogP contribution is 2.31. The normalized spacial score (nSPS) is 12.4. The monoisotopic (exact) mass is 391 g/mol. The van der Waals surface area contributed by atoms with E-state index in [1.54, 1.807) is 0 Å². The maximum absolute atomic E-state index is 14.3. The van der Waals surface area contributed by atoms with E-state index in [9.17, 15) is 27.2 Å². The number of H-pyrrole nitrogens is 1. The van der Waals surface area contributed by atoms with Gasteiger partial charge in [-0.15, -0.1) is 0 Å². The smallest absolute Gasteiger partial charge is 0.339 e. The molecule has 0 radical (unpaired) electrons. The second kappa shape index (κ2) is 7.63. The van der Waals surface area contributed by atoms with Crippen molar-refractivity contribution in [1.29, 1.82) is 0 Å². The highest BCUT2D eigenvalue weighted by Gasteiger charge is 2.31. The molecule has 144 valence electrons. The molecule has 0 unspecified atom stereocenters. The molecule has 0 spiro atoms. The second-order valence-corrected chi connectivity index (χ2v) is 5.84. The van der Waals surface area contributed by atoms with E-state index in [1.165, 1.54) is 24.5 Å². The van der Waals surface area contributed by atoms with Crippen LogP contribution in [0.4, 0.5) is 17.6 Å². The van der Waals surface area contributed by atoms with Gasteiger partial charge in [-0.2, -0.15) is 13.2 Å². The van der Waals surface area contributed by atoms with Crippen molar-refractivity contribution in [3.63, 3.8) is 0 Å². The van der Waals surface area contributed by atoms with Crippen molar-refractivity contribution in [2.75, 3.05) is 0 Å². The van der Waals surface area contributed by atoms with Gasteiger partial charge in [0.15, 0.2) is 0 Å². The Hall–Kier alpha value is -3.49. The Bertz CT molecular complexity index is 1030. The summed E-state index contributed by atoms with van der Waals surface area (Å²) in [5.74, 6) is -1.39. The van der Waals surface area contributed by atoms with Crippen LogP contribution in [0.3, 0.4) is 0 Å². The van der Waals surface area contributed by atoms with Crippen molar-refractivity contribution >= 4 is 5.91 Å². The quantitative estimate of drug-likeness (QED) is 0.669. The number of carbonyl (C=O) groups excluding carboxylic acids is 1. The third kappa shape index (κ3) is 4.25. The summed E-state index contributed by atoms with van der Waals surface area (Å²) in [6.07, 6.45) is -2.04. The summed E-state index contributed by atoms with van der Waals surface area (Å²) in [5, 5.41) is 2.54. The van der Waals surface area contributed by atoms with Crippen LogP contribution in [0, 0.1) is 5.82 Å². The van der Waals surface area contributed by atoms with Gasteiger partial charge < -0.3 is 10.3 Å². The zero-order valence-corrected chi connectivity index (χ0v) is 14.1. The molecule has 0 bridgehead atoms. The number of amides is 1. The number of halogens is 4. The van der Waals surface area contributed by atoms with Crippen LogP contribution in [0.15, 0.2) is 65.7 Å². The number of aromatic nitrogens is 2. The van der Waals surface area contributed by atoms with E-state index in [4.69, 9.17) is 0 Å². The number of hydrogen-bond donors (Lipinski definition) is 2. The summed E-state index contributed by atoms with van der Waals surface area (Å²) < 4.78 is 52.7. The Labute approximate surface area is 156 Å². The van der Waals surface area contributed by atoms with Crippen molar-refractivity contribution in [3.8, 4) is 0 Å². The van der Waals surface area contributed by atoms with E-state index < -0.39 is 35.1 Å². The highest BCUT2D eigenvalue weighted by molar-refractivity contribution is 5.94. The van der Waals surface area contributed by atoms with Crippen molar-refractivity contribution in [2.45, 2.75) is 12.2 Å². The fourth-order valence-electron chi connectivity index (χ4n) is 2.55. The Kier molecular flexibility index (Phi) is 5.25. The summed E-state index contributed by atoms with van der Waals surface area (Å²) in [4.78, 5) is 29.9. The van der Waals surface area contributed by atoms with Gasteiger partial charge in [-0.25, -0.2) is 4.39 Å². The Morgan fingerprint density at radius 1 is 1.07 bits per heavy atom. The summed E-state index contributed by atoms with van der Waals surface area (Å²) >= 11 is 0. The lowest BCUT2D eigenvalue weighted by Crippen LogP contribution is -2.31. The van der Waals surface area contributed by atoms with Crippen molar-refractivity contribution in [1.82, 2.24) is 15.3 Å². The Morgan fingerprint density at radius 2 is 1.79 bits per heavy atom. The predicted octanol–water partition coefficient (Wildman–Crippen LogP) is 3.45. The number of alkyl halides is 3. The van der Waals surface area contributed by atoms with E-state index in [2.05, 4.69) is 15.3 Å². The zero-order chi connectivity index (χ0) is 20.3. The number of rotatable bonds is 4. The van der Waals surface area contributed by atoms with E-state index in [1.807, 2.05) is 0 Å². The molecule has 0 saturated carbocycles. The number of carbonyl (C=O) groups is 1. The fraction of sp³-hybridized carbons (Fsp3) is 0.105. The molecule has 28 heavy (non-hydrogen) atoms. The van der Waals surface area contributed by atoms with Gasteiger partial charge >= 0.3 is 6.18 Å². The van der Waals surface area contributed by atoms with Gasteiger partial charge in [0.1, 0.15) is 11.5 Å². The number of nitrogens with zero attached hydrogens (tertiary/aromatic N) is 1. The van der Waals surface area contributed by atoms with Crippen LogP contribution < -0.4 is 10.9 Å². The molecule has 0 aliphatic heterocycles. The van der Waals surface area contributed by atoms with E-state index >= 15 is 0 Å². The second-order valence-electron chi connectivity index (χ2n) is 5.84. The van der Waals surface area contributed by atoms with Gasteiger partial charge in [-0.1, -0.05) is 12.1 Å². The van der Waals surface area contributed by atoms with Gasteiger partial charge in [0.2, 0.25) is 5.56 Å². The molecular weight excluding hydrogens is 378 g/mol. The minimum absolute atomic E-state index is 0.0906. The average Bonchev–Trinajstić information content (AvgIpc) is 2.66. The number of hydrogen-bond acceptors (Lipinski definition) is 3. The fourth-order valence-corrected chi connectivity index (χ4v) is 2.55. The van der Waals surface area contributed by atoms with Gasteiger partial charge in [0, 0.05) is 18.5 Å². The molecule has 3 rings (SSSR count). The molecule has 0 aliphatic rings. The average molecular weight is 391 g/mol. The lowest BCUT2D eigenvalue weighted by Gasteiger charge is -2.20. The molecule has 2 N–H and O–H groups in total. The molecule has 0 aliphatic carbocycles. The molecule has 3 aromatic rings. The van der Waals surface area contributed by atoms with E-state index in [0.717, 1.165) is 36.4 Å². The topological polar surface area (TPSA) is 74.8 Å². The number of benzene rings is 1. The predicted molar refractivity (Wildman–Crippen MR) is 92.0 cm³/mol. The van der Waals surface area contributed by atoms with Crippen LogP contribution >= 0.6 is 0 Å². The Balaban J connectivity index is 1.98. The largest absolute Gasteiger partial charge is 0.416 e. The van der Waals surface area contributed by atoms with Crippen LogP contribution in [0.5, 0.6) is 0 Å². The first-order valence-electron chi connectivity index (χ1n) is 8.03. The molecule has 1 amide bonds. The van der Waals surface area contributed by atoms with Crippen molar-refractivity contribution in [3.05, 3.63) is 99.5 Å². The maximum Gasteiger partial charge on any atom is 0.416 e. The molecule has 1 atom stereocenters. The third-order valence-corrected chi connectivity index (χ3v) is 3.95. The molecular formula is C19H13F4N3O2. The standard InChI is InChI=1S/C19H13F4N3O2/c20-14-2-1-9-24-17(14)16(11-3-6-13(7-4-11)19(21,22)23)26-18(28)12-5-8-15(27)25-10-12/h1-10,16H,(H,25,27)(H,26,28)/t16-/m1/s1. The summed E-state index contributed by atoms with van der Waals surface area (Å²) in [5.41, 5.74) is -1.13. The van der Waals surface area contributed by atoms with Gasteiger partial charge in [0.25, 0.3) is 5.91 Å². The molecule has 5 nitrogen and oxygen atoms in total. The van der Waals surface area contributed by atoms with Gasteiger partial charge in [0.05, 0.1) is 17.2 Å². The molecule has 0 fully saturated rings. The minimum atomic E-state index is -4.52. The minimum Gasteiger partial charge on any atom is -0.339 e.